The van der Waals surface area contributed by atoms with Gasteiger partial charge in [0.2, 0.25) is 5.91 Å². The van der Waals surface area contributed by atoms with E-state index in [1.54, 1.807) is 34.1 Å². The number of piperazine rings is 1. The van der Waals surface area contributed by atoms with Gasteiger partial charge < -0.3 is 39.9 Å². The van der Waals surface area contributed by atoms with E-state index < -0.39 is 23.7 Å². The van der Waals surface area contributed by atoms with Gasteiger partial charge in [-0.15, -0.1) is 0 Å². The summed E-state index contributed by atoms with van der Waals surface area (Å²) in [6, 6.07) is 11.4. The summed E-state index contributed by atoms with van der Waals surface area (Å²) >= 11 is 6.55. The van der Waals surface area contributed by atoms with Gasteiger partial charge in [-0.3, -0.25) is 19.5 Å². The van der Waals surface area contributed by atoms with Crippen molar-refractivity contribution >= 4 is 46.7 Å². The number of rotatable bonds is 12. The summed E-state index contributed by atoms with van der Waals surface area (Å²) < 4.78 is 42.5. The van der Waals surface area contributed by atoms with E-state index in [4.69, 9.17) is 11.6 Å². The number of amides is 3. The van der Waals surface area contributed by atoms with Crippen molar-refractivity contribution in [2.75, 3.05) is 89.8 Å². The molecule has 0 unspecified atom stereocenters. The van der Waals surface area contributed by atoms with Crippen LogP contribution in [0.2, 0.25) is 5.02 Å². The number of aromatic nitrogens is 4. The van der Waals surface area contributed by atoms with Gasteiger partial charge in [-0.1, -0.05) is 23.7 Å². The first-order chi connectivity index (χ1) is 28.1. The number of benzene rings is 2. The van der Waals surface area contributed by atoms with Crippen molar-refractivity contribution in [1.82, 2.24) is 35.3 Å². The standard InChI is InChI=1S/C40H46ClF3N10O5/c1-51(2)29-6-3-25(4-7-29)34-31(35(50-49-34)40(42,43)44)17-28-21-46-36(47-28)37(57)48-27-5-8-30(32(41)18-27)39(59)53-13-11-52(12-14-53)38(58)26-9-15-54(16-10-26,23-33(55)56)22-24-19-45-20-24/h3-8,18,21,24,26,45H,9-17,19-20,22-23H2,1-2H3,(H3-,46,47,48,49,50,55,56,57,59)/p+1. The number of aliphatic carboxylic acids is 1. The van der Waals surface area contributed by atoms with Gasteiger partial charge >= 0.3 is 12.1 Å². The van der Waals surface area contributed by atoms with Crippen molar-refractivity contribution in [3.8, 4) is 11.3 Å². The normalized spacial score (nSPS) is 19.9. The summed E-state index contributed by atoms with van der Waals surface area (Å²) in [4.78, 5) is 64.0. The first kappa shape index (κ1) is 41.7. The van der Waals surface area contributed by atoms with E-state index in [2.05, 4.69) is 30.8 Å². The summed E-state index contributed by atoms with van der Waals surface area (Å²) in [7, 11) is 3.71. The van der Waals surface area contributed by atoms with Crippen molar-refractivity contribution in [3.63, 3.8) is 0 Å². The number of carboxylic acids is 1. The second kappa shape index (κ2) is 17.0. The number of nitrogens with zero attached hydrogens (tertiary/aromatic N) is 6. The topological polar surface area (TPSA) is 180 Å². The zero-order chi connectivity index (χ0) is 42.1. The zero-order valence-electron chi connectivity index (χ0n) is 32.7. The van der Waals surface area contributed by atoms with E-state index in [1.807, 2.05) is 19.0 Å². The quantitative estimate of drug-likeness (QED) is 0.131. The summed E-state index contributed by atoms with van der Waals surface area (Å²) in [5.41, 5.74) is 1.12. The number of aromatic amines is 2. The molecule has 3 fully saturated rings. The van der Waals surface area contributed by atoms with Crippen molar-refractivity contribution in [1.29, 1.82) is 0 Å². The van der Waals surface area contributed by atoms with Crippen LogP contribution < -0.4 is 15.5 Å². The highest BCUT2D eigenvalue weighted by molar-refractivity contribution is 6.34. The number of alkyl halides is 3. The van der Waals surface area contributed by atoms with Gasteiger partial charge in [0.15, 0.2) is 12.4 Å². The lowest BCUT2D eigenvalue weighted by Crippen LogP contribution is -2.62. The Hall–Kier alpha value is -5.46. The molecule has 2 aromatic heterocycles. The van der Waals surface area contributed by atoms with E-state index in [0.29, 0.717) is 68.1 Å². The molecule has 0 saturated carbocycles. The Morgan fingerprint density at radius 1 is 1.00 bits per heavy atom. The molecule has 3 aliphatic rings. The van der Waals surface area contributed by atoms with E-state index >= 15 is 0 Å². The van der Waals surface area contributed by atoms with Gasteiger partial charge in [0, 0.05) is 119 Å². The molecule has 7 rings (SSSR count). The molecule has 3 amide bonds. The Morgan fingerprint density at radius 2 is 1.68 bits per heavy atom. The monoisotopic (exact) mass is 839 g/mol. The van der Waals surface area contributed by atoms with Gasteiger partial charge in [0.1, 0.15) is 5.69 Å². The van der Waals surface area contributed by atoms with Gasteiger partial charge in [0.05, 0.1) is 35.9 Å². The van der Waals surface area contributed by atoms with Gasteiger partial charge in [-0.05, 0) is 30.3 Å². The first-order valence-electron chi connectivity index (χ1n) is 19.5. The third-order valence-electron chi connectivity index (χ3n) is 11.6. The van der Waals surface area contributed by atoms with Crippen LogP contribution in [0.15, 0.2) is 48.7 Å². The molecule has 3 saturated heterocycles. The lowest BCUT2D eigenvalue weighted by molar-refractivity contribution is -0.929. The number of quaternary nitrogens is 1. The van der Waals surface area contributed by atoms with Crippen LogP contribution in [0.5, 0.6) is 0 Å². The van der Waals surface area contributed by atoms with Crippen LogP contribution in [0.4, 0.5) is 24.5 Å². The Morgan fingerprint density at radius 3 is 2.27 bits per heavy atom. The highest BCUT2D eigenvalue weighted by atomic mass is 35.5. The van der Waals surface area contributed by atoms with Crippen molar-refractivity contribution in [2.45, 2.75) is 25.4 Å². The third kappa shape index (κ3) is 9.39. The number of hydrogen-bond acceptors (Lipinski definition) is 8. The smallest absolute Gasteiger partial charge is 0.433 e. The van der Waals surface area contributed by atoms with E-state index in [9.17, 15) is 37.5 Å². The Kier molecular flexibility index (Phi) is 12.0. The highest BCUT2D eigenvalue weighted by Gasteiger charge is 2.42. The lowest BCUT2D eigenvalue weighted by Gasteiger charge is -2.46. The van der Waals surface area contributed by atoms with Crippen LogP contribution in [0.3, 0.4) is 0 Å². The van der Waals surface area contributed by atoms with Crippen LogP contribution in [-0.2, 0) is 22.2 Å². The molecule has 19 heteroatoms. The maximum Gasteiger partial charge on any atom is 0.433 e. The number of halogens is 4. The minimum atomic E-state index is -4.70. The van der Waals surface area contributed by atoms with E-state index in [-0.39, 0.29) is 69.7 Å². The number of hydrogen-bond donors (Lipinski definition) is 5. The van der Waals surface area contributed by atoms with Gasteiger partial charge in [-0.2, -0.15) is 18.3 Å². The number of imidazole rings is 1. The number of H-pyrrole nitrogens is 2. The van der Waals surface area contributed by atoms with Crippen LogP contribution in [-0.4, -0.2) is 143 Å². The number of carboxylic acid groups (broad SMARTS) is 1. The van der Waals surface area contributed by atoms with Crippen LogP contribution in [0.1, 0.15) is 50.8 Å². The number of carbonyl (C=O) groups is 4. The summed E-state index contributed by atoms with van der Waals surface area (Å²) in [6.07, 6.45) is -2.39. The average Bonchev–Trinajstić information content (AvgIpc) is 3.84. The maximum absolute atomic E-state index is 14.0. The van der Waals surface area contributed by atoms with E-state index in [1.165, 1.54) is 24.4 Å². The molecule has 5 N–H and O–H groups in total. The number of likely N-dealkylation sites (tertiary alicyclic amines) is 1. The highest BCUT2D eigenvalue weighted by Crippen LogP contribution is 2.37. The molecule has 0 radical (unpaired) electrons. The fourth-order valence-electron chi connectivity index (χ4n) is 8.28. The van der Waals surface area contributed by atoms with Crippen molar-refractivity contribution in [2.24, 2.45) is 11.8 Å². The van der Waals surface area contributed by atoms with Gasteiger partial charge in [0.25, 0.3) is 11.8 Å². The summed E-state index contributed by atoms with van der Waals surface area (Å²) in [5, 5.41) is 21.7. The number of carbonyl (C=O) groups excluding carboxylic acids is 3. The van der Waals surface area contributed by atoms with Crippen molar-refractivity contribution in [3.05, 3.63) is 82.0 Å². The largest absolute Gasteiger partial charge is 0.477 e. The lowest BCUT2D eigenvalue weighted by atomic mass is 9.90. The van der Waals surface area contributed by atoms with Crippen LogP contribution in [0, 0.1) is 11.8 Å². The molecule has 314 valence electrons. The maximum atomic E-state index is 14.0. The van der Waals surface area contributed by atoms with Crippen LogP contribution in [0.25, 0.3) is 11.3 Å². The summed E-state index contributed by atoms with van der Waals surface area (Å²) in [5.74, 6) is -1.63. The predicted molar refractivity (Wildman–Crippen MR) is 213 cm³/mol. The molecule has 15 nitrogen and oxygen atoms in total. The molecule has 4 aromatic rings. The molecule has 0 atom stereocenters. The fraction of sp³-hybridized carbons (Fsp3) is 0.450. The fourth-order valence-corrected chi connectivity index (χ4v) is 8.54. The Labute approximate surface area is 343 Å². The molecular formula is C40H47ClF3N10O5+. The molecular weight excluding hydrogens is 793 g/mol. The second-order valence-electron chi connectivity index (χ2n) is 15.9. The minimum absolute atomic E-state index is 0.0422. The molecule has 59 heavy (non-hydrogen) atoms. The third-order valence-corrected chi connectivity index (χ3v) is 11.9. The predicted octanol–water partition coefficient (Wildman–Crippen LogP) is 4.20. The van der Waals surface area contributed by atoms with Gasteiger partial charge in [-0.25, -0.2) is 9.78 Å². The number of nitrogens with one attached hydrogen (secondary N) is 4. The molecule has 0 spiro atoms. The Balaban J connectivity index is 0.930. The number of piperidine rings is 1. The minimum Gasteiger partial charge on any atom is -0.477 e. The molecule has 2 aromatic carbocycles. The molecule has 0 aliphatic carbocycles. The van der Waals surface area contributed by atoms with E-state index in [0.717, 1.165) is 25.3 Å². The molecule has 0 bridgehead atoms. The van der Waals surface area contributed by atoms with Crippen LogP contribution >= 0.6 is 11.6 Å². The SMILES string of the molecule is CN(C)c1ccc(-c2n[nH]c(C(F)(F)F)c2Cc2cnc(C(=O)Nc3ccc(C(=O)N4CCN(C(=O)C5CC[N+](CC(=O)O)(CC6CNC6)CC5)CC4)c(Cl)c3)[nH]2)cc1. The average molecular weight is 840 g/mol. The molecule has 3 aliphatic heterocycles. The first-order valence-corrected chi connectivity index (χ1v) is 19.9. The number of anilines is 2. The molecule has 5 heterocycles. The second-order valence-corrected chi connectivity index (χ2v) is 16.3. The zero-order valence-corrected chi connectivity index (χ0v) is 33.5. The van der Waals surface area contributed by atoms with Crippen molar-refractivity contribution < 1.29 is 41.9 Å². The summed E-state index contributed by atoms with van der Waals surface area (Å²) in [6.45, 7) is 5.34. The Bertz CT molecular complexity index is 2190.